The molecule has 0 aliphatic carbocycles. The second kappa shape index (κ2) is 12.8. The standard InChI is InChI=1S/C4H7BNO2.C3H3BNO2.4Rf/c1-3(8)6-4(5)2-7;4-2-1-7-3(6)5-2;;;;/h2,4,7H,1H3,(H,6,8);1-2H,(H,5,6);;;;/q2*-1;;;;/t4-;2-;;;;/m11..../s1. The van der Waals surface area contributed by atoms with Crippen LogP contribution in [0.1, 0.15) is 6.92 Å². The average molecular weight is 1280 g/mol. The summed E-state index contributed by atoms with van der Waals surface area (Å²) in [6, 6.07) is 0. The number of ether oxygens (including phenoxy) is 1. The predicted molar refractivity (Wildman–Crippen MR) is 53.1 cm³/mol. The first-order valence-electron chi connectivity index (χ1n) is 4.02. The predicted octanol–water partition coefficient (Wildman–Crippen LogP) is -1.47. The van der Waals surface area contributed by atoms with Crippen molar-refractivity contribution in [3.63, 3.8) is 0 Å². The summed E-state index contributed by atoms with van der Waals surface area (Å²) in [5, 5.41) is 12.6. The first-order valence-corrected chi connectivity index (χ1v) is 4.02. The van der Waals surface area contributed by atoms with Gasteiger partial charge in [-0.2, -0.15) is 0 Å². The second-order valence-electron chi connectivity index (χ2n) is 2.59. The van der Waals surface area contributed by atoms with Gasteiger partial charge in [0, 0.05) is 6.92 Å². The first-order chi connectivity index (χ1) is 6.95. The molecule has 1 aliphatic heterocycles. The SMILES string of the molecule is [B][C@@H]([CH-]O)NC(C)=O.[B][C@H]1[CH-]OC(=O)N1.[Rf].[Rf].[Rf].[Rf]. The van der Waals surface area contributed by atoms with E-state index >= 15 is 0 Å². The first kappa shape index (κ1) is 29.2. The van der Waals surface area contributed by atoms with Crippen molar-refractivity contribution < 1.29 is 19.4 Å². The summed E-state index contributed by atoms with van der Waals surface area (Å²) in [7, 11) is 10.1. The maximum atomic E-state index is 10.1. The summed E-state index contributed by atoms with van der Waals surface area (Å²) in [4.78, 5) is 20.1. The third-order valence-electron chi connectivity index (χ3n) is 1.14. The van der Waals surface area contributed by atoms with Crippen LogP contribution in [-0.4, -0.2) is 44.7 Å². The summed E-state index contributed by atoms with van der Waals surface area (Å²) in [6.45, 7) is 3.27. The van der Waals surface area contributed by atoms with Gasteiger partial charge in [0.1, 0.15) is 0 Å². The molecule has 6 nitrogen and oxygen atoms in total. The van der Waals surface area contributed by atoms with E-state index in [1.807, 2.05) is 0 Å². The molecule has 0 aromatic heterocycles. The van der Waals surface area contributed by atoms with Crippen LogP contribution in [0.5, 0.6) is 0 Å². The smallest absolute Gasteiger partial charge is 0.372 e. The van der Waals surface area contributed by atoms with Gasteiger partial charge in [-0.3, -0.25) is 4.79 Å². The fourth-order valence-corrected chi connectivity index (χ4v) is 0.611. The van der Waals surface area contributed by atoms with E-state index in [1.165, 1.54) is 13.5 Å². The van der Waals surface area contributed by atoms with E-state index in [4.69, 9.17) is 20.8 Å². The molecule has 0 aromatic rings. The largest absolute Gasteiger partial charge is 0.620 e. The monoisotopic (exact) mass is 1280 g/mol. The molecule has 2 amide bonds. The number of cyclic esters (lactones) is 1. The molecule has 0 bridgehead atoms. The molecule has 88 valence electrons. The number of hydrogen-bond acceptors (Lipinski definition) is 4. The van der Waals surface area contributed by atoms with Gasteiger partial charge in [0.25, 0.3) is 0 Å². The van der Waals surface area contributed by atoms with Crippen molar-refractivity contribution in [1.82, 2.24) is 10.6 Å². The number of amides is 2. The summed E-state index contributed by atoms with van der Waals surface area (Å²) >= 11 is 0. The molecule has 0 spiro atoms. The zero-order valence-corrected chi connectivity index (χ0v) is 36.6. The number of aliphatic hydroxyl groups excluding tert-OH is 1. The second-order valence-corrected chi connectivity index (χ2v) is 2.59. The molecule has 1 saturated heterocycles. The Morgan fingerprint density at radius 2 is 2.00 bits per heavy atom. The van der Waals surface area contributed by atoms with Crippen LogP contribution in [0, 0.1) is 13.2 Å². The Hall–Kier alpha value is -5.17. The minimum atomic E-state index is -0.743. The van der Waals surface area contributed by atoms with Crippen LogP contribution < -0.4 is 10.6 Å². The van der Waals surface area contributed by atoms with E-state index in [1.54, 1.807) is 0 Å². The third-order valence-corrected chi connectivity index (χ3v) is 1.14. The van der Waals surface area contributed by atoms with Crippen LogP contribution in [0.25, 0.3) is 0 Å². The van der Waals surface area contributed by atoms with Crippen LogP contribution in [0.4, 0.5) is 4.79 Å². The van der Waals surface area contributed by atoms with Gasteiger partial charge in [-0.15, -0.1) is 12.5 Å². The molecule has 3 N–H and O–H groups in total. The Labute approximate surface area is 90.6 Å². The van der Waals surface area contributed by atoms with Crippen LogP contribution in [0.15, 0.2) is 0 Å². The minimum Gasteiger partial charge on any atom is -0.620 e. The molecule has 1 rings (SSSR count). The van der Waals surface area contributed by atoms with E-state index in [2.05, 4.69) is 15.4 Å². The van der Waals surface area contributed by atoms with Crippen molar-refractivity contribution in [1.29, 1.82) is 0 Å². The number of carbonyl (C=O) groups excluding carboxylic acids is 2. The number of rotatable bonds is 2. The normalized spacial score (nSPS) is 16.1. The van der Waals surface area contributed by atoms with E-state index < -0.39 is 18.0 Å². The van der Waals surface area contributed by atoms with Gasteiger partial charge in [0.05, 0.1) is 15.7 Å². The quantitative estimate of drug-likeness (QED) is 0.234. The number of hydrogen-bond donors (Lipinski definition) is 3. The topological polar surface area (TPSA) is 87.7 Å². The molecular weight excluding hydrogens is 1270 g/mol. The molecule has 1 aliphatic rings. The Morgan fingerprint density at radius 1 is 1.53 bits per heavy atom. The van der Waals surface area contributed by atoms with Crippen molar-refractivity contribution in [3.8, 4) is 0 Å². The van der Waals surface area contributed by atoms with Gasteiger partial charge in [0.15, 0.2) is 0 Å². The molecule has 1 heterocycles. The third kappa shape index (κ3) is 15.6. The van der Waals surface area contributed by atoms with Crippen molar-refractivity contribution in [2.24, 2.45) is 0 Å². The Morgan fingerprint density at radius 3 is 2.11 bits per heavy atom. The molecule has 0 saturated carbocycles. The summed E-state index contributed by atoms with van der Waals surface area (Å²) < 4.78 is 4.27. The van der Waals surface area contributed by atoms with Gasteiger partial charge >= 0.3 is 6.09 Å². The van der Waals surface area contributed by atoms with E-state index in [0.717, 1.165) is 0 Å². The average Bonchev–Trinajstić information content (AvgIpc) is 2.49. The molecule has 0 unspecified atom stereocenters. The fraction of sp³-hybridized carbons (Fsp3) is 0.429. The molecule has 19 heavy (non-hydrogen) atoms. The van der Waals surface area contributed by atoms with E-state index in [0.29, 0.717) is 6.61 Å². The van der Waals surface area contributed by atoms with E-state index in [-0.39, 0.29) is 5.91 Å². The summed E-state index contributed by atoms with van der Waals surface area (Å²) in [5.41, 5.74) is 0. The summed E-state index contributed by atoms with van der Waals surface area (Å²) in [5.74, 6) is -1.43. The van der Waals surface area contributed by atoms with Crippen LogP contribution in [-0.2, 0) is 9.53 Å². The van der Waals surface area contributed by atoms with Gasteiger partial charge in [-0.05, 0) is 0 Å². The Kier molecular flexibility index (Phi) is 19.7. The van der Waals surface area contributed by atoms with E-state index in [9.17, 15) is 9.59 Å². The molecule has 4 radical (unpaired) electrons. The molecule has 0 aromatic carbocycles. The summed E-state index contributed by atoms with van der Waals surface area (Å²) in [6.07, 6.45) is -0.479. The fourth-order valence-electron chi connectivity index (χ4n) is 0.611. The zero-order chi connectivity index (χ0) is 11.8. The van der Waals surface area contributed by atoms with Crippen molar-refractivity contribution in [3.05, 3.63) is 13.2 Å². The van der Waals surface area contributed by atoms with Gasteiger partial charge in [0.2, 0.25) is 5.91 Å². The molecule has 12 heteroatoms. The van der Waals surface area contributed by atoms with Crippen LogP contribution in [0.3, 0.4) is 0 Å². The van der Waals surface area contributed by atoms with Crippen molar-refractivity contribution in [2.75, 3.05) is 0 Å². The molecule has 2 atom stereocenters. The number of aliphatic hydroxyl groups is 1. The minimum absolute atomic E-state index is 0. The Balaban J connectivity index is -0.0000000569. The van der Waals surface area contributed by atoms with Gasteiger partial charge in [-0.1, -0.05) is 5.94 Å². The Bertz CT molecular complexity index is 241. The van der Waals surface area contributed by atoms with Gasteiger partial charge < -0.3 is 20.5 Å². The van der Waals surface area contributed by atoms with Crippen molar-refractivity contribution >= 4 is 27.7 Å². The van der Waals surface area contributed by atoms with Gasteiger partial charge in [-0.25, -0.2) is 11.4 Å². The van der Waals surface area contributed by atoms with Crippen LogP contribution in [0.2, 0.25) is 0 Å². The molecular formula is C7H10B2N2O4Rf4-2. The maximum Gasteiger partial charge on any atom is 0.372 e. The zero-order valence-electron chi connectivity index (χ0n) is 11.0. The number of alkyl carbamates (subject to hydrolysis) is 1. The molecule has 1 fully saturated rings. The maximum absolute atomic E-state index is 10.1. The number of nitrogens with one attached hydrogen (secondary N) is 2. The number of carbonyl (C=O) groups is 2. The van der Waals surface area contributed by atoms with Crippen LogP contribution >= 0.6 is 0 Å². The van der Waals surface area contributed by atoms with Crippen molar-refractivity contribution in [2.45, 2.75) is 18.8 Å².